The van der Waals surface area contributed by atoms with Gasteiger partial charge in [-0.05, 0) is 19.3 Å². The number of nitrogens with zero attached hydrogens (tertiary/aromatic N) is 2. The second kappa shape index (κ2) is 4.03. The molecule has 1 aromatic rings. The van der Waals surface area contributed by atoms with Gasteiger partial charge in [-0.25, -0.2) is 8.42 Å². The minimum atomic E-state index is -2.92. The molecule has 0 radical (unpaired) electrons. The van der Waals surface area contributed by atoms with Gasteiger partial charge in [-0.1, -0.05) is 18.0 Å². The van der Waals surface area contributed by atoms with Crippen molar-refractivity contribution >= 4 is 9.84 Å². The van der Waals surface area contributed by atoms with Gasteiger partial charge < -0.3 is 10.3 Å². The first-order valence-corrected chi connectivity index (χ1v) is 8.14. The Balaban J connectivity index is 1.82. The normalized spacial score (nSPS) is 29.7. The Hall–Kier alpha value is -0.950. The Morgan fingerprint density at radius 3 is 2.67 bits per heavy atom. The molecule has 1 aliphatic heterocycles. The predicted octanol–water partition coefficient (Wildman–Crippen LogP) is 0.700. The van der Waals surface area contributed by atoms with E-state index in [9.17, 15) is 8.42 Å². The number of nitrogens with two attached hydrogens (primary N) is 1. The summed E-state index contributed by atoms with van der Waals surface area (Å²) < 4.78 is 28.1. The third kappa shape index (κ3) is 2.05. The number of rotatable bonds is 2. The Morgan fingerprint density at radius 2 is 2.06 bits per heavy atom. The van der Waals surface area contributed by atoms with E-state index in [-0.39, 0.29) is 17.4 Å². The maximum Gasteiger partial charge on any atom is 0.246 e. The van der Waals surface area contributed by atoms with Gasteiger partial charge in [-0.2, -0.15) is 4.98 Å². The molecule has 1 aliphatic carbocycles. The zero-order chi connectivity index (χ0) is 12.8. The third-order valence-corrected chi connectivity index (χ3v) is 5.73. The summed E-state index contributed by atoms with van der Waals surface area (Å²) in [5.41, 5.74) is 5.73. The zero-order valence-corrected chi connectivity index (χ0v) is 10.9. The Labute approximate surface area is 106 Å². The van der Waals surface area contributed by atoms with E-state index in [1.54, 1.807) is 0 Å². The topological polar surface area (TPSA) is 99.1 Å². The van der Waals surface area contributed by atoms with Crippen LogP contribution in [-0.2, 0) is 15.4 Å². The van der Waals surface area contributed by atoms with Crippen LogP contribution in [0.3, 0.4) is 0 Å². The Morgan fingerprint density at radius 1 is 1.33 bits per heavy atom. The van der Waals surface area contributed by atoms with Crippen molar-refractivity contribution in [2.24, 2.45) is 5.73 Å². The van der Waals surface area contributed by atoms with Gasteiger partial charge in [0.1, 0.15) is 0 Å². The molecule has 7 heteroatoms. The molecule has 100 valence electrons. The van der Waals surface area contributed by atoms with E-state index >= 15 is 0 Å². The van der Waals surface area contributed by atoms with Gasteiger partial charge in [-0.15, -0.1) is 0 Å². The molecule has 1 saturated carbocycles. The van der Waals surface area contributed by atoms with Crippen molar-refractivity contribution in [3.63, 3.8) is 0 Å². The lowest BCUT2D eigenvalue weighted by molar-refractivity contribution is 0.283. The van der Waals surface area contributed by atoms with Crippen molar-refractivity contribution in [3.8, 4) is 0 Å². The van der Waals surface area contributed by atoms with Gasteiger partial charge in [0.2, 0.25) is 5.89 Å². The van der Waals surface area contributed by atoms with Gasteiger partial charge in [0.15, 0.2) is 15.7 Å². The predicted molar refractivity (Wildman–Crippen MR) is 64.6 cm³/mol. The molecule has 6 nitrogen and oxygen atoms in total. The highest BCUT2D eigenvalue weighted by Gasteiger charge is 2.39. The molecular weight excluding hydrogens is 254 g/mol. The fraction of sp³-hybridized carbons (Fsp3) is 0.818. The molecule has 0 amide bonds. The average Bonchev–Trinajstić information content (AvgIpc) is 2.97. The number of hydrogen-bond acceptors (Lipinski definition) is 6. The largest absolute Gasteiger partial charge is 0.337 e. The lowest BCUT2D eigenvalue weighted by Crippen LogP contribution is -2.33. The lowest BCUT2D eigenvalue weighted by atomic mass is 9.99. The minimum absolute atomic E-state index is 0.127. The van der Waals surface area contributed by atoms with Crippen LogP contribution in [0.1, 0.15) is 49.7 Å². The van der Waals surface area contributed by atoms with Crippen LogP contribution < -0.4 is 5.73 Å². The molecule has 1 aromatic heterocycles. The summed E-state index contributed by atoms with van der Waals surface area (Å²) in [5, 5.41) is 3.92. The monoisotopic (exact) mass is 271 g/mol. The summed E-state index contributed by atoms with van der Waals surface area (Å²) in [6.07, 6.45) is 4.45. The molecule has 2 aliphatic rings. The van der Waals surface area contributed by atoms with Crippen LogP contribution in [0.5, 0.6) is 0 Å². The van der Waals surface area contributed by atoms with E-state index in [1.165, 1.54) is 0 Å². The number of hydrogen-bond donors (Lipinski definition) is 1. The van der Waals surface area contributed by atoms with Crippen LogP contribution in [0.25, 0.3) is 0 Å². The molecule has 2 fully saturated rings. The van der Waals surface area contributed by atoms with Gasteiger partial charge >= 0.3 is 0 Å². The van der Waals surface area contributed by atoms with Crippen molar-refractivity contribution in [1.29, 1.82) is 0 Å². The van der Waals surface area contributed by atoms with Gasteiger partial charge in [0, 0.05) is 5.92 Å². The Kier molecular flexibility index (Phi) is 2.71. The molecule has 2 N–H and O–H groups in total. The average molecular weight is 271 g/mol. The smallest absolute Gasteiger partial charge is 0.246 e. The molecule has 1 unspecified atom stereocenters. The first kappa shape index (κ1) is 12.1. The van der Waals surface area contributed by atoms with Crippen molar-refractivity contribution in [1.82, 2.24) is 10.1 Å². The fourth-order valence-corrected chi connectivity index (χ4v) is 4.56. The highest BCUT2D eigenvalue weighted by Crippen LogP contribution is 2.36. The first-order chi connectivity index (χ1) is 8.49. The van der Waals surface area contributed by atoms with E-state index in [0.29, 0.717) is 18.1 Å². The second-order valence-electron chi connectivity index (χ2n) is 5.42. The molecule has 0 bridgehead atoms. The van der Waals surface area contributed by atoms with Crippen LogP contribution in [0.2, 0.25) is 0 Å². The van der Waals surface area contributed by atoms with Crippen LogP contribution in [-0.4, -0.2) is 30.1 Å². The van der Waals surface area contributed by atoms with Crippen molar-refractivity contribution < 1.29 is 12.9 Å². The van der Waals surface area contributed by atoms with E-state index in [4.69, 9.17) is 10.3 Å². The highest BCUT2D eigenvalue weighted by atomic mass is 32.2. The molecule has 0 spiro atoms. The maximum atomic E-state index is 11.4. The first-order valence-electron chi connectivity index (χ1n) is 6.32. The fourth-order valence-electron chi connectivity index (χ4n) is 2.82. The number of sulfone groups is 1. The lowest BCUT2D eigenvalue weighted by Gasteiger charge is -2.17. The zero-order valence-electron chi connectivity index (χ0n) is 10.1. The van der Waals surface area contributed by atoms with Crippen LogP contribution in [0.4, 0.5) is 0 Å². The van der Waals surface area contributed by atoms with Crippen molar-refractivity contribution in [2.75, 3.05) is 11.5 Å². The second-order valence-corrected chi connectivity index (χ2v) is 7.65. The van der Waals surface area contributed by atoms with Gasteiger partial charge in [0.25, 0.3) is 0 Å². The molecule has 2 heterocycles. The van der Waals surface area contributed by atoms with Crippen LogP contribution in [0.15, 0.2) is 4.52 Å². The van der Waals surface area contributed by atoms with Gasteiger partial charge in [-0.3, -0.25) is 0 Å². The third-order valence-electron chi connectivity index (χ3n) is 3.96. The summed E-state index contributed by atoms with van der Waals surface area (Å²) in [6, 6.07) is 0. The molecule has 3 rings (SSSR count). The highest BCUT2D eigenvalue weighted by molar-refractivity contribution is 7.91. The maximum absolute atomic E-state index is 11.4. The van der Waals surface area contributed by atoms with Gasteiger partial charge in [0.05, 0.1) is 17.0 Å². The quantitative estimate of drug-likeness (QED) is 0.850. The summed E-state index contributed by atoms with van der Waals surface area (Å²) in [4.78, 5) is 4.34. The summed E-state index contributed by atoms with van der Waals surface area (Å²) >= 11 is 0. The van der Waals surface area contributed by atoms with Crippen molar-refractivity contribution in [2.45, 2.75) is 43.6 Å². The van der Waals surface area contributed by atoms with E-state index in [1.807, 2.05) is 0 Å². The molecule has 1 saturated heterocycles. The SMILES string of the molecule is NC1(c2nc(C3CCS(=O)(=O)C3)no2)CCCC1. The Bertz CT molecular complexity index is 546. The molecular formula is C11H17N3O3S. The summed E-state index contributed by atoms with van der Waals surface area (Å²) in [5.74, 6) is 1.19. The van der Waals surface area contributed by atoms with Crippen LogP contribution >= 0.6 is 0 Å². The van der Waals surface area contributed by atoms with E-state index < -0.39 is 15.4 Å². The van der Waals surface area contributed by atoms with E-state index in [0.717, 1.165) is 25.7 Å². The molecule has 0 aromatic carbocycles. The van der Waals surface area contributed by atoms with Crippen molar-refractivity contribution in [3.05, 3.63) is 11.7 Å². The van der Waals surface area contributed by atoms with E-state index in [2.05, 4.69) is 10.1 Å². The molecule has 18 heavy (non-hydrogen) atoms. The summed E-state index contributed by atoms with van der Waals surface area (Å²) in [7, 11) is -2.92. The van der Waals surface area contributed by atoms with Crippen LogP contribution in [0, 0.1) is 0 Å². The number of aromatic nitrogens is 2. The standard InChI is InChI=1S/C11H17N3O3S/c12-11(4-1-2-5-11)10-13-9(14-17-10)8-3-6-18(15,16)7-8/h8H,1-7,12H2. The molecule has 1 atom stereocenters. The minimum Gasteiger partial charge on any atom is -0.337 e. The summed E-state index contributed by atoms with van der Waals surface area (Å²) in [6.45, 7) is 0.